The average Bonchev–Trinajstić information content (AvgIpc) is 3.18. The van der Waals surface area contributed by atoms with Crippen LogP contribution in [-0.4, -0.2) is 18.8 Å². The maximum absolute atomic E-state index is 12.9. The molecule has 3 heteroatoms. The monoisotopic (exact) mass is 417 g/mol. The molecule has 0 aliphatic rings. The number of nitrogens with one attached hydrogen (secondary N) is 1. The molecule has 2 aromatic carbocycles. The van der Waals surface area contributed by atoms with Crippen molar-refractivity contribution in [1.29, 1.82) is 0 Å². The van der Waals surface area contributed by atoms with Crippen LogP contribution in [0.2, 0.25) is 18.1 Å². The Bertz CT molecular complexity index is 1010. The minimum atomic E-state index is -1.80. The first-order valence-corrected chi connectivity index (χ1v) is 14.1. The SMILES string of the molecule is CCCCC(=O)c1ccccc1-c1cc([Si](C)(C)C(C)(C)C)c(-c2ccccc2)[nH]1. The second-order valence-corrected chi connectivity index (χ2v) is 15.1. The van der Waals surface area contributed by atoms with Crippen molar-refractivity contribution in [2.24, 2.45) is 0 Å². The van der Waals surface area contributed by atoms with Gasteiger partial charge in [0.25, 0.3) is 0 Å². The number of benzene rings is 2. The zero-order valence-electron chi connectivity index (χ0n) is 19.3. The average molecular weight is 418 g/mol. The summed E-state index contributed by atoms with van der Waals surface area (Å²) < 4.78 is 0. The molecule has 0 saturated heterocycles. The molecule has 0 saturated carbocycles. The summed E-state index contributed by atoms with van der Waals surface area (Å²) >= 11 is 0. The Balaban J connectivity index is 2.19. The lowest BCUT2D eigenvalue weighted by atomic mass is 9.98. The molecule has 1 heterocycles. The summed E-state index contributed by atoms with van der Waals surface area (Å²) in [5, 5.41) is 1.64. The van der Waals surface area contributed by atoms with E-state index in [0.717, 1.165) is 29.7 Å². The number of aromatic amines is 1. The summed E-state index contributed by atoms with van der Waals surface area (Å²) in [5.41, 5.74) is 5.30. The van der Waals surface area contributed by atoms with E-state index >= 15 is 0 Å². The first-order chi connectivity index (χ1) is 14.2. The zero-order valence-corrected chi connectivity index (χ0v) is 20.3. The highest BCUT2D eigenvalue weighted by Crippen LogP contribution is 2.39. The molecule has 0 bridgehead atoms. The van der Waals surface area contributed by atoms with Gasteiger partial charge in [-0.2, -0.15) is 0 Å². The third-order valence-corrected chi connectivity index (χ3v) is 12.2. The number of ketones is 1. The van der Waals surface area contributed by atoms with Crippen molar-refractivity contribution < 1.29 is 4.79 Å². The molecule has 1 N–H and O–H groups in total. The van der Waals surface area contributed by atoms with Crippen LogP contribution in [0.4, 0.5) is 0 Å². The van der Waals surface area contributed by atoms with Crippen molar-refractivity contribution in [2.45, 2.75) is 65.1 Å². The summed E-state index contributed by atoms with van der Waals surface area (Å²) in [7, 11) is -1.80. The number of Topliss-reactive ketones (excluding diaryl/α,β-unsaturated/α-hetero) is 1. The summed E-state index contributed by atoms with van der Waals surface area (Å²) in [4.78, 5) is 16.6. The summed E-state index contributed by atoms with van der Waals surface area (Å²) in [5.74, 6) is 0.234. The van der Waals surface area contributed by atoms with Crippen LogP contribution < -0.4 is 5.19 Å². The standard InChI is InChI=1S/C27H35NOSi/c1-7-8-18-24(29)22-17-13-12-16-21(22)23-19-25(30(5,6)27(2,3)4)26(28-23)20-14-10-9-11-15-20/h9-17,19,28H,7-8,18H2,1-6H3. The number of carbonyl (C=O) groups excluding carboxylic acids is 1. The van der Waals surface area contributed by atoms with Gasteiger partial charge in [-0.05, 0) is 28.3 Å². The van der Waals surface area contributed by atoms with E-state index in [1.54, 1.807) is 0 Å². The maximum atomic E-state index is 12.9. The fourth-order valence-electron chi connectivity index (χ4n) is 3.76. The normalized spacial score (nSPS) is 12.2. The van der Waals surface area contributed by atoms with E-state index in [1.807, 2.05) is 18.2 Å². The van der Waals surface area contributed by atoms with Crippen LogP contribution in [0.15, 0.2) is 60.7 Å². The molecular formula is C27H35NOSi. The fourth-order valence-corrected chi connectivity index (χ4v) is 5.91. The third-order valence-electron chi connectivity index (χ3n) is 6.70. The summed E-state index contributed by atoms with van der Waals surface area (Å²) in [6.07, 6.45) is 2.57. The van der Waals surface area contributed by atoms with Gasteiger partial charge in [0, 0.05) is 28.9 Å². The minimum absolute atomic E-state index is 0.215. The van der Waals surface area contributed by atoms with E-state index < -0.39 is 8.07 Å². The maximum Gasteiger partial charge on any atom is 0.163 e. The number of hydrogen-bond donors (Lipinski definition) is 1. The highest BCUT2D eigenvalue weighted by Gasteiger charge is 2.39. The Labute approximate surface area is 182 Å². The van der Waals surface area contributed by atoms with Gasteiger partial charge in [-0.3, -0.25) is 4.79 Å². The van der Waals surface area contributed by atoms with Gasteiger partial charge in [0.15, 0.2) is 5.78 Å². The van der Waals surface area contributed by atoms with Crippen LogP contribution in [0.1, 0.15) is 57.3 Å². The first-order valence-electron chi connectivity index (χ1n) is 11.1. The number of unbranched alkanes of at least 4 members (excludes halogenated alkanes) is 1. The van der Waals surface area contributed by atoms with E-state index in [0.29, 0.717) is 6.42 Å². The van der Waals surface area contributed by atoms with E-state index in [4.69, 9.17) is 0 Å². The van der Waals surface area contributed by atoms with E-state index in [-0.39, 0.29) is 10.8 Å². The molecular weight excluding hydrogens is 382 g/mol. The van der Waals surface area contributed by atoms with Gasteiger partial charge in [-0.1, -0.05) is 102 Å². The van der Waals surface area contributed by atoms with Crippen LogP contribution in [0.25, 0.3) is 22.5 Å². The molecule has 1 aromatic heterocycles. The van der Waals surface area contributed by atoms with Gasteiger partial charge in [0.2, 0.25) is 0 Å². The quantitative estimate of drug-likeness (QED) is 0.314. The van der Waals surface area contributed by atoms with Crippen LogP contribution >= 0.6 is 0 Å². The van der Waals surface area contributed by atoms with Gasteiger partial charge in [-0.25, -0.2) is 0 Å². The van der Waals surface area contributed by atoms with Gasteiger partial charge < -0.3 is 4.98 Å². The number of aromatic nitrogens is 1. The Kier molecular flexibility index (Phi) is 6.52. The third kappa shape index (κ3) is 4.36. The Morgan fingerprint density at radius 1 is 0.967 bits per heavy atom. The van der Waals surface area contributed by atoms with Crippen molar-refractivity contribution in [1.82, 2.24) is 4.98 Å². The van der Waals surface area contributed by atoms with Crippen molar-refractivity contribution in [2.75, 3.05) is 0 Å². The number of carbonyl (C=O) groups is 1. The van der Waals surface area contributed by atoms with Crippen LogP contribution in [0.3, 0.4) is 0 Å². The zero-order chi connectivity index (χ0) is 21.9. The van der Waals surface area contributed by atoms with Crippen LogP contribution in [-0.2, 0) is 0 Å². The van der Waals surface area contributed by atoms with Crippen LogP contribution in [0, 0.1) is 0 Å². The van der Waals surface area contributed by atoms with Crippen molar-refractivity contribution in [3.05, 3.63) is 66.2 Å². The highest BCUT2D eigenvalue weighted by atomic mass is 28.3. The molecule has 0 atom stereocenters. The molecule has 0 amide bonds. The summed E-state index contributed by atoms with van der Waals surface area (Å²) in [6.45, 7) is 14.1. The number of rotatable bonds is 7. The number of H-pyrrole nitrogens is 1. The molecule has 3 aromatic rings. The predicted octanol–water partition coefficient (Wildman–Crippen LogP) is 7.44. The van der Waals surface area contributed by atoms with Gasteiger partial charge >= 0.3 is 0 Å². The Morgan fingerprint density at radius 2 is 1.60 bits per heavy atom. The molecule has 2 nitrogen and oxygen atoms in total. The molecule has 0 unspecified atom stereocenters. The molecule has 0 aliphatic heterocycles. The molecule has 0 spiro atoms. The lowest BCUT2D eigenvalue weighted by Gasteiger charge is -2.37. The van der Waals surface area contributed by atoms with Gasteiger partial charge in [0.05, 0.1) is 8.07 Å². The molecule has 3 rings (SSSR count). The fraction of sp³-hybridized carbons (Fsp3) is 0.370. The highest BCUT2D eigenvalue weighted by molar-refractivity contribution is 6.93. The first kappa shape index (κ1) is 22.3. The minimum Gasteiger partial charge on any atom is -0.355 e. The van der Waals surface area contributed by atoms with E-state index in [2.05, 4.69) is 88.2 Å². The molecule has 0 aliphatic carbocycles. The molecule has 0 fully saturated rings. The van der Waals surface area contributed by atoms with Gasteiger partial charge in [-0.15, -0.1) is 0 Å². The second kappa shape index (κ2) is 8.77. The largest absolute Gasteiger partial charge is 0.355 e. The molecule has 158 valence electrons. The summed E-state index contributed by atoms with van der Waals surface area (Å²) in [6, 6.07) is 21.0. The molecule has 30 heavy (non-hydrogen) atoms. The Morgan fingerprint density at radius 3 is 2.23 bits per heavy atom. The predicted molar refractivity (Wildman–Crippen MR) is 132 cm³/mol. The van der Waals surface area contributed by atoms with Crippen molar-refractivity contribution in [3.8, 4) is 22.5 Å². The topological polar surface area (TPSA) is 32.9 Å². The van der Waals surface area contributed by atoms with Crippen molar-refractivity contribution in [3.63, 3.8) is 0 Å². The van der Waals surface area contributed by atoms with Gasteiger partial charge in [0.1, 0.15) is 0 Å². The second-order valence-electron chi connectivity index (χ2n) is 9.79. The van der Waals surface area contributed by atoms with E-state index in [1.165, 1.54) is 16.4 Å². The molecule has 0 radical (unpaired) electrons. The van der Waals surface area contributed by atoms with Crippen LogP contribution in [0.5, 0.6) is 0 Å². The Hall–Kier alpha value is -2.39. The van der Waals surface area contributed by atoms with E-state index in [9.17, 15) is 4.79 Å². The smallest absolute Gasteiger partial charge is 0.163 e. The lowest BCUT2D eigenvalue weighted by Crippen LogP contribution is -2.49. The lowest BCUT2D eigenvalue weighted by molar-refractivity contribution is 0.0980. The van der Waals surface area contributed by atoms with Crippen molar-refractivity contribution >= 4 is 19.0 Å². The number of hydrogen-bond acceptors (Lipinski definition) is 1.